The molecule has 1 unspecified atom stereocenters. The van der Waals surface area contributed by atoms with Crippen molar-refractivity contribution in [3.63, 3.8) is 0 Å². The number of aromatic nitrogens is 2. The molecule has 1 aliphatic heterocycles. The van der Waals surface area contributed by atoms with Crippen LogP contribution in [-0.4, -0.2) is 57.7 Å². The number of rotatable bonds is 5. The maximum absolute atomic E-state index is 10.7. The van der Waals surface area contributed by atoms with Crippen molar-refractivity contribution in [1.82, 2.24) is 19.6 Å². The van der Waals surface area contributed by atoms with E-state index in [1.165, 1.54) is 11.6 Å². The average molecular weight is 315 g/mol. The molecule has 7 nitrogen and oxygen atoms in total. The summed E-state index contributed by atoms with van der Waals surface area (Å²) in [6.45, 7) is 4.48. The quantitative estimate of drug-likeness (QED) is 0.621. The standard InChI is InChI=1S/C16H21N5O2/c1-18-9-10-19(15(13-18)14-5-3-2-4-6-14)11-12-20-8-7-16(17-20)21(22)23/h2-8,15H,9-13H2,1H3. The number of nitro groups is 1. The zero-order valence-electron chi connectivity index (χ0n) is 13.2. The summed E-state index contributed by atoms with van der Waals surface area (Å²) in [5, 5.41) is 14.7. The highest BCUT2D eigenvalue weighted by atomic mass is 16.6. The van der Waals surface area contributed by atoms with Crippen LogP contribution in [-0.2, 0) is 6.54 Å². The molecule has 122 valence electrons. The molecule has 2 aromatic rings. The van der Waals surface area contributed by atoms with E-state index in [1.807, 2.05) is 6.07 Å². The van der Waals surface area contributed by atoms with Gasteiger partial charge in [0, 0.05) is 32.2 Å². The van der Waals surface area contributed by atoms with Crippen LogP contribution >= 0.6 is 0 Å². The molecule has 0 amide bonds. The molecule has 0 N–H and O–H groups in total. The average Bonchev–Trinajstić information content (AvgIpc) is 3.04. The van der Waals surface area contributed by atoms with Crippen LogP contribution in [0.1, 0.15) is 11.6 Å². The van der Waals surface area contributed by atoms with Crippen molar-refractivity contribution in [2.75, 3.05) is 33.2 Å². The van der Waals surface area contributed by atoms with Crippen molar-refractivity contribution in [2.24, 2.45) is 0 Å². The van der Waals surface area contributed by atoms with Gasteiger partial charge in [-0.25, -0.2) is 0 Å². The molecule has 1 saturated heterocycles. The van der Waals surface area contributed by atoms with Gasteiger partial charge >= 0.3 is 5.82 Å². The smallest absolute Gasteiger partial charge is 0.358 e. The molecule has 0 radical (unpaired) electrons. The normalized spacial score (nSPS) is 19.8. The minimum absolute atomic E-state index is 0.0945. The number of piperazine rings is 1. The summed E-state index contributed by atoms with van der Waals surface area (Å²) in [6.07, 6.45) is 1.67. The maximum atomic E-state index is 10.7. The van der Waals surface area contributed by atoms with Crippen LogP contribution in [0.25, 0.3) is 0 Å². The fourth-order valence-corrected chi connectivity index (χ4v) is 3.02. The fourth-order valence-electron chi connectivity index (χ4n) is 3.02. The van der Waals surface area contributed by atoms with Crippen molar-refractivity contribution in [2.45, 2.75) is 12.6 Å². The molecule has 7 heteroatoms. The fraction of sp³-hybridized carbons (Fsp3) is 0.438. The Balaban J connectivity index is 1.67. The van der Waals surface area contributed by atoms with E-state index in [9.17, 15) is 10.1 Å². The first-order valence-electron chi connectivity index (χ1n) is 7.79. The first kappa shape index (κ1) is 15.6. The Hall–Kier alpha value is -2.25. The van der Waals surface area contributed by atoms with Crippen LogP contribution in [0.15, 0.2) is 42.6 Å². The van der Waals surface area contributed by atoms with Crippen molar-refractivity contribution in [1.29, 1.82) is 0 Å². The number of benzene rings is 1. The molecule has 1 aliphatic rings. The van der Waals surface area contributed by atoms with E-state index in [4.69, 9.17) is 0 Å². The third kappa shape index (κ3) is 3.75. The molecular formula is C16H21N5O2. The predicted molar refractivity (Wildman–Crippen MR) is 87.1 cm³/mol. The lowest BCUT2D eigenvalue weighted by Gasteiger charge is -2.40. The van der Waals surface area contributed by atoms with Crippen LogP contribution in [0.2, 0.25) is 0 Å². The second-order valence-electron chi connectivity index (χ2n) is 5.92. The van der Waals surface area contributed by atoms with Crippen molar-refractivity contribution >= 4 is 5.82 Å². The van der Waals surface area contributed by atoms with Crippen LogP contribution < -0.4 is 0 Å². The Labute approximate surface area is 135 Å². The van der Waals surface area contributed by atoms with Crippen molar-refractivity contribution in [3.05, 3.63) is 58.3 Å². The summed E-state index contributed by atoms with van der Waals surface area (Å²) in [5.41, 5.74) is 1.31. The first-order chi connectivity index (χ1) is 11.1. The Morgan fingerprint density at radius 3 is 2.70 bits per heavy atom. The first-order valence-corrected chi connectivity index (χ1v) is 7.79. The Bertz CT molecular complexity index is 658. The minimum atomic E-state index is -0.459. The molecule has 0 saturated carbocycles. The zero-order valence-corrected chi connectivity index (χ0v) is 13.2. The number of hydrogen-bond acceptors (Lipinski definition) is 5. The maximum Gasteiger partial charge on any atom is 0.389 e. The van der Waals surface area contributed by atoms with E-state index in [1.54, 1.807) is 10.9 Å². The van der Waals surface area contributed by atoms with Crippen LogP contribution in [0.5, 0.6) is 0 Å². The summed E-state index contributed by atoms with van der Waals surface area (Å²) in [7, 11) is 2.14. The number of nitrogens with zero attached hydrogens (tertiary/aromatic N) is 5. The van der Waals surface area contributed by atoms with E-state index < -0.39 is 4.92 Å². The van der Waals surface area contributed by atoms with Crippen LogP contribution in [0.3, 0.4) is 0 Å². The van der Waals surface area contributed by atoms with Gasteiger partial charge < -0.3 is 15.0 Å². The summed E-state index contributed by atoms with van der Waals surface area (Å²) < 4.78 is 1.65. The van der Waals surface area contributed by atoms with Gasteiger partial charge in [-0.2, -0.15) is 4.68 Å². The molecule has 23 heavy (non-hydrogen) atoms. The molecule has 1 atom stereocenters. The van der Waals surface area contributed by atoms with E-state index in [0.717, 1.165) is 26.2 Å². The highest BCUT2D eigenvalue weighted by Gasteiger charge is 2.26. The van der Waals surface area contributed by atoms with Gasteiger partial charge in [-0.3, -0.25) is 4.90 Å². The third-order valence-corrected chi connectivity index (χ3v) is 4.31. The molecule has 0 bridgehead atoms. The van der Waals surface area contributed by atoms with Crippen LogP contribution in [0.4, 0.5) is 5.82 Å². The van der Waals surface area contributed by atoms with Gasteiger partial charge in [0.1, 0.15) is 0 Å². The van der Waals surface area contributed by atoms with Gasteiger partial charge in [0.05, 0.1) is 23.9 Å². The molecule has 0 aliphatic carbocycles. The van der Waals surface area contributed by atoms with Gasteiger partial charge in [-0.05, 0) is 17.5 Å². The second kappa shape index (κ2) is 6.89. The monoisotopic (exact) mass is 315 g/mol. The molecule has 1 aromatic heterocycles. The van der Waals surface area contributed by atoms with Gasteiger partial charge in [0.15, 0.2) is 0 Å². The van der Waals surface area contributed by atoms with E-state index in [0.29, 0.717) is 12.6 Å². The molecule has 3 rings (SSSR count). The van der Waals surface area contributed by atoms with Gasteiger partial charge in [0.2, 0.25) is 0 Å². The summed E-state index contributed by atoms with van der Waals surface area (Å²) in [6, 6.07) is 12.3. The van der Waals surface area contributed by atoms with Crippen molar-refractivity contribution < 1.29 is 4.92 Å². The highest BCUT2D eigenvalue weighted by molar-refractivity contribution is 5.20. The van der Waals surface area contributed by atoms with Gasteiger partial charge in [-0.15, -0.1) is 0 Å². The number of hydrogen-bond donors (Lipinski definition) is 0. The summed E-state index contributed by atoms with van der Waals surface area (Å²) in [4.78, 5) is 15.0. The number of likely N-dealkylation sites (N-methyl/N-ethyl adjacent to an activating group) is 1. The lowest BCUT2D eigenvalue weighted by molar-refractivity contribution is -0.389. The molecule has 2 heterocycles. The predicted octanol–water partition coefficient (Wildman–Crippen LogP) is 1.78. The highest BCUT2D eigenvalue weighted by Crippen LogP contribution is 2.24. The Kier molecular flexibility index (Phi) is 4.68. The molecule has 0 spiro atoms. The third-order valence-electron chi connectivity index (χ3n) is 4.31. The summed E-state index contributed by atoms with van der Waals surface area (Å²) >= 11 is 0. The van der Waals surface area contributed by atoms with E-state index in [-0.39, 0.29) is 5.82 Å². The minimum Gasteiger partial charge on any atom is -0.358 e. The molecular weight excluding hydrogens is 294 g/mol. The zero-order chi connectivity index (χ0) is 16.2. The summed E-state index contributed by atoms with van der Waals surface area (Å²) in [5.74, 6) is -0.0945. The lowest BCUT2D eigenvalue weighted by atomic mass is 10.0. The van der Waals surface area contributed by atoms with Crippen LogP contribution in [0, 0.1) is 10.1 Å². The van der Waals surface area contributed by atoms with E-state index >= 15 is 0 Å². The second-order valence-corrected chi connectivity index (χ2v) is 5.92. The van der Waals surface area contributed by atoms with E-state index in [2.05, 4.69) is 46.2 Å². The lowest BCUT2D eigenvalue weighted by Crippen LogP contribution is -2.47. The largest absolute Gasteiger partial charge is 0.389 e. The van der Waals surface area contributed by atoms with Gasteiger partial charge in [-0.1, -0.05) is 30.3 Å². The SMILES string of the molecule is CN1CCN(CCn2ccc([N+](=O)[O-])n2)C(c2ccccc2)C1. The van der Waals surface area contributed by atoms with Gasteiger partial charge in [0.25, 0.3) is 0 Å². The Morgan fingerprint density at radius 2 is 2.00 bits per heavy atom. The molecule has 1 aromatic carbocycles. The van der Waals surface area contributed by atoms with Crippen molar-refractivity contribution in [3.8, 4) is 0 Å². The molecule has 1 fully saturated rings. The Morgan fingerprint density at radius 1 is 1.22 bits per heavy atom. The topological polar surface area (TPSA) is 67.4 Å².